The van der Waals surface area contributed by atoms with Crippen molar-refractivity contribution in [3.05, 3.63) is 67.6 Å². The van der Waals surface area contributed by atoms with Crippen molar-refractivity contribution in [3.63, 3.8) is 0 Å². The van der Waals surface area contributed by atoms with Crippen LogP contribution in [0.25, 0.3) is 16.8 Å². The van der Waals surface area contributed by atoms with Gasteiger partial charge in [-0.25, -0.2) is 9.37 Å². The summed E-state index contributed by atoms with van der Waals surface area (Å²) in [6, 6.07) is 5.53. The van der Waals surface area contributed by atoms with Crippen molar-refractivity contribution in [2.75, 3.05) is 0 Å². The average Bonchev–Trinajstić information content (AvgIpc) is 3.12. The number of hydrogen-bond acceptors (Lipinski definition) is 2. The molecule has 0 radical (unpaired) electrons. The van der Waals surface area contributed by atoms with Gasteiger partial charge in [-0.2, -0.15) is 0 Å². The van der Waals surface area contributed by atoms with Gasteiger partial charge in [0, 0.05) is 22.4 Å². The molecular weight excluding hydrogens is 464 g/mol. The average molecular weight is 472 g/mol. The number of aromatic amines is 1. The zero-order valence-corrected chi connectivity index (χ0v) is 15.7. The van der Waals surface area contributed by atoms with E-state index in [-0.39, 0.29) is 16.4 Å². The van der Waals surface area contributed by atoms with Gasteiger partial charge in [-0.3, -0.25) is 9.20 Å². The predicted octanol–water partition coefficient (Wildman–Crippen LogP) is 5.36. The number of fused-ring (bicyclic) bond motifs is 3. The molecule has 2 aromatic carbocycles. The summed E-state index contributed by atoms with van der Waals surface area (Å²) in [5.41, 5.74) is 2.04. The number of imidazole rings is 2. The fourth-order valence-electron chi connectivity index (χ4n) is 2.63. The first-order valence-electron chi connectivity index (χ1n) is 6.80. The summed E-state index contributed by atoms with van der Waals surface area (Å²) < 4.78 is 16.5. The van der Waals surface area contributed by atoms with Crippen molar-refractivity contribution in [2.45, 2.75) is 0 Å². The van der Waals surface area contributed by atoms with Crippen molar-refractivity contribution in [2.24, 2.45) is 0 Å². The minimum Gasteiger partial charge on any atom is -0.323 e. The lowest BCUT2D eigenvalue weighted by Gasteiger charge is -2.09. The third-order valence-electron chi connectivity index (χ3n) is 3.73. The number of benzene rings is 2. The monoisotopic (exact) mass is 469 g/mol. The van der Waals surface area contributed by atoms with Gasteiger partial charge in [-0.05, 0) is 56.1 Å². The van der Waals surface area contributed by atoms with E-state index in [2.05, 4.69) is 41.8 Å². The molecule has 2 aromatic heterocycles. The molecule has 4 rings (SSSR count). The van der Waals surface area contributed by atoms with Gasteiger partial charge in [0.2, 0.25) is 5.78 Å². The summed E-state index contributed by atoms with van der Waals surface area (Å²) in [5, 5.41) is 0.196. The molecule has 0 spiro atoms. The second-order valence-electron chi connectivity index (χ2n) is 5.14. The number of nitrogens with one attached hydrogen (secondary N) is 1. The Morgan fingerprint density at radius 1 is 1.29 bits per heavy atom. The SMILES string of the molecule is O=C(c1cc(F)ccc1Cl)c1c(Br)cc2c([nH]c3nccn32)c1Br. The number of halogens is 4. The van der Waals surface area contributed by atoms with Gasteiger partial charge < -0.3 is 4.98 Å². The van der Waals surface area contributed by atoms with Crippen LogP contribution >= 0.6 is 43.5 Å². The molecule has 0 aliphatic rings. The molecule has 2 heterocycles. The number of rotatable bonds is 2. The first kappa shape index (κ1) is 15.8. The van der Waals surface area contributed by atoms with Gasteiger partial charge in [-0.15, -0.1) is 0 Å². The number of hydrogen-bond donors (Lipinski definition) is 1. The Bertz CT molecular complexity index is 1140. The van der Waals surface area contributed by atoms with Crippen LogP contribution in [0.15, 0.2) is 45.6 Å². The van der Waals surface area contributed by atoms with E-state index in [1.165, 1.54) is 12.1 Å². The first-order chi connectivity index (χ1) is 11.5. The Kier molecular flexibility index (Phi) is 3.74. The number of carbonyl (C=O) groups is 1. The Morgan fingerprint density at radius 2 is 2.08 bits per heavy atom. The van der Waals surface area contributed by atoms with E-state index < -0.39 is 5.82 Å². The molecule has 0 amide bonds. The largest absolute Gasteiger partial charge is 0.323 e. The highest BCUT2D eigenvalue weighted by molar-refractivity contribution is 9.11. The quantitative estimate of drug-likeness (QED) is 0.400. The normalized spacial score (nSPS) is 11.5. The summed E-state index contributed by atoms with van der Waals surface area (Å²) in [4.78, 5) is 20.3. The molecule has 0 fully saturated rings. The second-order valence-corrected chi connectivity index (χ2v) is 7.20. The van der Waals surface area contributed by atoms with Gasteiger partial charge in [-0.1, -0.05) is 11.6 Å². The minimum absolute atomic E-state index is 0.105. The van der Waals surface area contributed by atoms with E-state index in [9.17, 15) is 9.18 Å². The van der Waals surface area contributed by atoms with Crippen LogP contribution in [0.4, 0.5) is 4.39 Å². The van der Waals surface area contributed by atoms with Crippen molar-refractivity contribution in [1.82, 2.24) is 14.4 Å². The maximum atomic E-state index is 13.5. The second kappa shape index (κ2) is 5.68. The molecule has 1 N–H and O–H groups in total. The number of nitrogens with zero attached hydrogens (tertiary/aromatic N) is 2. The molecule has 8 heteroatoms. The Balaban J connectivity index is 1.99. The maximum Gasteiger partial charge on any atom is 0.212 e. The Morgan fingerprint density at radius 3 is 2.88 bits per heavy atom. The number of ketones is 1. The highest BCUT2D eigenvalue weighted by Crippen LogP contribution is 2.36. The van der Waals surface area contributed by atoms with Crippen molar-refractivity contribution in [1.29, 1.82) is 0 Å². The maximum absolute atomic E-state index is 13.5. The zero-order valence-electron chi connectivity index (χ0n) is 11.8. The summed E-state index contributed by atoms with van der Waals surface area (Å²) >= 11 is 13.0. The molecule has 24 heavy (non-hydrogen) atoms. The van der Waals surface area contributed by atoms with Crippen LogP contribution in [0, 0.1) is 5.82 Å². The van der Waals surface area contributed by atoms with Gasteiger partial charge in [0.25, 0.3) is 0 Å². The summed E-state index contributed by atoms with van der Waals surface area (Å²) in [7, 11) is 0. The van der Waals surface area contributed by atoms with E-state index in [4.69, 9.17) is 11.6 Å². The lowest BCUT2D eigenvalue weighted by atomic mass is 10.0. The summed E-state index contributed by atoms with van der Waals surface area (Å²) in [6.07, 6.45) is 3.50. The van der Waals surface area contributed by atoms with Crippen molar-refractivity contribution < 1.29 is 9.18 Å². The van der Waals surface area contributed by atoms with Gasteiger partial charge in [0.1, 0.15) is 5.82 Å². The predicted molar refractivity (Wildman–Crippen MR) is 97.3 cm³/mol. The summed E-state index contributed by atoms with van der Waals surface area (Å²) in [5.74, 6) is -0.243. The van der Waals surface area contributed by atoms with Crippen LogP contribution < -0.4 is 0 Å². The van der Waals surface area contributed by atoms with Gasteiger partial charge in [0.05, 0.1) is 26.1 Å². The molecule has 0 atom stereocenters. The van der Waals surface area contributed by atoms with E-state index in [1.807, 2.05) is 16.7 Å². The number of H-pyrrole nitrogens is 1. The highest BCUT2D eigenvalue weighted by Gasteiger charge is 2.23. The lowest BCUT2D eigenvalue weighted by Crippen LogP contribution is -2.05. The van der Waals surface area contributed by atoms with Crippen LogP contribution in [-0.4, -0.2) is 20.2 Å². The fourth-order valence-corrected chi connectivity index (χ4v) is 4.39. The van der Waals surface area contributed by atoms with Crippen LogP contribution in [-0.2, 0) is 0 Å². The zero-order chi connectivity index (χ0) is 17.0. The van der Waals surface area contributed by atoms with Gasteiger partial charge in [0.15, 0.2) is 5.78 Å². The summed E-state index contributed by atoms with van der Waals surface area (Å²) in [6.45, 7) is 0. The van der Waals surface area contributed by atoms with Crippen LogP contribution in [0.3, 0.4) is 0 Å². The van der Waals surface area contributed by atoms with Crippen LogP contribution in [0.5, 0.6) is 0 Å². The third kappa shape index (κ3) is 2.30. The van der Waals surface area contributed by atoms with Crippen molar-refractivity contribution >= 4 is 66.1 Å². The van der Waals surface area contributed by atoms with E-state index in [1.54, 1.807) is 6.20 Å². The fraction of sp³-hybridized carbons (Fsp3) is 0. The Hall–Kier alpha value is -1.70. The molecule has 4 nitrogen and oxygen atoms in total. The smallest absolute Gasteiger partial charge is 0.212 e. The number of aromatic nitrogens is 3. The lowest BCUT2D eigenvalue weighted by molar-refractivity contribution is 0.103. The molecule has 4 aromatic rings. The van der Waals surface area contributed by atoms with E-state index >= 15 is 0 Å². The topological polar surface area (TPSA) is 50.2 Å². The molecule has 0 unspecified atom stereocenters. The molecule has 0 saturated heterocycles. The minimum atomic E-state index is -0.519. The van der Waals surface area contributed by atoms with Crippen LogP contribution in [0.1, 0.15) is 15.9 Å². The molecule has 0 aliphatic carbocycles. The molecule has 0 saturated carbocycles. The highest BCUT2D eigenvalue weighted by atomic mass is 79.9. The number of carbonyl (C=O) groups excluding carboxylic acids is 1. The molecule has 0 aliphatic heterocycles. The standard InChI is InChI=1S/C16H7Br2ClFN3O/c17-9-6-11-14(22-16-21-3-4-23(11)16)13(18)12(9)15(24)8-5-7(20)1-2-10(8)19/h1-6H,(H,21,22). The van der Waals surface area contributed by atoms with Crippen LogP contribution in [0.2, 0.25) is 5.02 Å². The third-order valence-corrected chi connectivity index (χ3v) is 5.48. The van der Waals surface area contributed by atoms with Gasteiger partial charge >= 0.3 is 0 Å². The molecular formula is C16H7Br2ClFN3O. The van der Waals surface area contributed by atoms with Crippen molar-refractivity contribution in [3.8, 4) is 0 Å². The van der Waals surface area contributed by atoms with E-state index in [0.29, 0.717) is 20.3 Å². The van der Waals surface area contributed by atoms with E-state index in [0.717, 1.165) is 17.1 Å². The molecule has 120 valence electrons. The molecule has 0 bridgehead atoms. The Labute approximate surface area is 156 Å². The first-order valence-corrected chi connectivity index (χ1v) is 8.76.